The summed E-state index contributed by atoms with van der Waals surface area (Å²) in [5.74, 6) is -0.835. The normalized spacial score (nSPS) is 17.2. The highest BCUT2D eigenvalue weighted by molar-refractivity contribution is 5.87. The van der Waals surface area contributed by atoms with Crippen molar-refractivity contribution in [2.24, 2.45) is 11.5 Å². The number of likely N-dealkylation sites (N-methyl/N-ethyl adjacent to an activating group) is 1. The van der Waals surface area contributed by atoms with Crippen molar-refractivity contribution in [1.82, 2.24) is 14.7 Å². The summed E-state index contributed by atoms with van der Waals surface area (Å²) in [5.41, 5.74) is 10.7. The van der Waals surface area contributed by atoms with Crippen LogP contribution in [0, 0.1) is 0 Å². The predicted octanol–water partition coefficient (Wildman–Crippen LogP) is -2.58. The molecule has 1 rings (SSSR count). The average molecular weight is 285 g/mol. The molecule has 1 saturated heterocycles. The van der Waals surface area contributed by atoms with Crippen molar-refractivity contribution >= 4 is 17.7 Å². The van der Waals surface area contributed by atoms with Gasteiger partial charge in [-0.1, -0.05) is 0 Å². The summed E-state index contributed by atoms with van der Waals surface area (Å²) in [7, 11) is 3.67. The highest BCUT2D eigenvalue weighted by Gasteiger charge is 2.27. The van der Waals surface area contributed by atoms with Crippen LogP contribution in [0.4, 0.5) is 0 Å². The lowest BCUT2D eigenvalue weighted by molar-refractivity contribution is -0.141. The lowest BCUT2D eigenvalue weighted by atomic mass is 10.1. The maximum Gasteiger partial charge on any atom is 0.240 e. The first kappa shape index (κ1) is 16.4. The molecule has 1 aliphatic heterocycles. The number of piperazine rings is 1. The van der Waals surface area contributed by atoms with Crippen LogP contribution < -0.4 is 11.5 Å². The number of hydrogen-bond donors (Lipinski definition) is 2. The van der Waals surface area contributed by atoms with E-state index in [0.29, 0.717) is 32.7 Å². The molecule has 0 aliphatic carbocycles. The maximum atomic E-state index is 12.0. The van der Waals surface area contributed by atoms with Gasteiger partial charge in [0.1, 0.15) is 0 Å². The van der Waals surface area contributed by atoms with Crippen molar-refractivity contribution in [2.75, 3.05) is 46.8 Å². The Balaban J connectivity index is 2.43. The Bertz CT molecular complexity index is 377. The van der Waals surface area contributed by atoms with E-state index in [9.17, 15) is 14.4 Å². The van der Waals surface area contributed by atoms with Gasteiger partial charge in [0.15, 0.2) is 0 Å². The maximum absolute atomic E-state index is 12.0. The number of hydrogen-bond acceptors (Lipinski definition) is 5. The summed E-state index contributed by atoms with van der Waals surface area (Å²) in [4.78, 5) is 39.7. The van der Waals surface area contributed by atoms with Crippen LogP contribution in [0.2, 0.25) is 0 Å². The molecule has 0 aromatic rings. The zero-order valence-electron chi connectivity index (χ0n) is 12.0. The predicted molar refractivity (Wildman–Crippen MR) is 73.5 cm³/mol. The number of nitrogens with two attached hydrogens (primary N) is 2. The second-order valence-corrected chi connectivity index (χ2v) is 5.22. The number of rotatable bonds is 5. The van der Waals surface area contributed by atoms with Crippen molar-refractivity contribution in [1.29, 1.82) is 0 Å². The van der Waals surface area contributed by atoms with E-state index in [1.54, 1.807) is 9.80 Å². The highest BCUT2D eigenvalue weighted by atomic mass is 16.2. The third-order valence-electron chi connectivity index (χ3n) is 3.13. The van der Waals surface area contributed by atoms with Crippen molar-refractivity contribution in [3.8, 4) is 0 Å². The Morgan fingerprint density at radius 2 is 1.60 bits per heavy atom. The van der Waals surface area contributed by atoms with E-state index >= 15 is 0 Å². The summed E-state index contributed by atoms with van der Waals surface area (Å²) < 4.78 is 0. The molecule has 0 spiro atoms. The first-order valence-corrected chi connectivity index (χ1v) is 6.56. The van der Waals surface area contributed by atoms with Gasteiger partial charge in [0.2, 0.25) is 17.7 Å². The zero-order valence-corrected chi connectivity index (χ0v) is 12.0. The summed E-state index contributed by atoms with van der Waals surface area (Å²) >= 11 is 0. The minimum Gasteiger partial charge on any atom is -0.370 e. The van der Waals surface area contributed by atoms with Crippen molar-refractivity contribution < 1.29 is 14.4 Å². The number of carbonyl (C=O) groups is 3. The van der Waals surface area contributed by atoms with Crippen molar-refractivity contribution in [3.05, 3.63) is 0 Å². The van der Waals surface area contributed by atoms with Gasteiger partial charge in [-0.15, -0.1) is 0 Å². The van der Waals surface area contributed by atoms with Crippen LogP contribution in [-0.4, -0.2) is 85.3 Å². The number of nitrogens with zero attached hydrogens (tertiary/aromatic N) is 3. The van der Waals surface area contributed by atoms with E-state index in [0.717, 1.165) is 0 Å². The molecule has 1 aliphatic rings. The first-order chi connectivity index (χ1) is 9.31. The van der Waals surface area contributed by atoms with E-state index in [2.05, 4.69) is 0 Å². The molecule has 0 aromatic carbocycles. The molecule has 20 heavy (non-hydrogen) atoms. The Morgan fingerprint density at radius 1 is 1.10 bits per heavy atom. The molecule has 1 fully saturated rings. The fourth-order valence-electron chi connectivity index (χ4n) is 2.09. The summed E-state index contributed by atoms with van der Waals surface area (Å²) in [5, 5.41) is 0. The van der Waals surface area contributed by atoms with Gasteiger partial charge in [0, 0.05) is 26.2 Å². The second kappa shape index (κ2) is 7.20. The van der Waals surface area contributed by atoms with E-state index in [1.807, 2.05) is 19.0 Å². The largest absolute Gasteiger partial charge is 0.370 e. The Morgan fingerprint density at radius 3 is 2.05 bits per heavy atom. The van der Waals surface area contributed by atoms with Gasteiger partial charge in [-0.2, -0.15) is 0 Å². The Kier molecular flexibility index (Phi) is 5.90. The highest BCUT2D eigenvalue weighted by Crippen LogP contribution is 2.05. The molecule has 114 valence electrons. The Labute approximate surface area is 118 Å². The molecular formula is C12H23N5O3. The molecule has 0 bridgehead atoms. The summed E-state index contributed by atoms with van der Waals surface area (Å²) in [6.07, 6.45) is -0.154. The van der Waals surface area contributed by atoms with Gasteiger partial charge in [-0.05, 0) is 14.1 Å². The van der Waals surface area contributed by atoms with Crippen LogP contribution in [0.1, 0.15) is 6.42 Å². The van der Waals surface area contributed by atoms with Crippen LogP contribution in [-0.2, 0) is 14.4 Å². The minimum absolute atomic E-state index is 0.0449. The fraction of sp³-hybridized carbons (Fsp3) is 0.750. The molecule has 1 unspecified atom stereocenters. The third-order valence-corrected chi connectivity index (χ3v) is 3.13. The summed E-state index contributed by atoms with van der Waals surface area (Å²) in [6.45, 7) is 2.20. The monoisotopic (exact) mass is 285 g/mol. The van der Waals surface area contributed by atoms with Crippen molar-refractivity contribution in [2.45, 2.75) is 12.5 Å². The van der Waals surface area contributed by atoms with Crippen LogP contribution in [0.5, 0.6) is 0 Å². The van der Waals surface area contributed by atoms with Crippen LogP contribution in [0.25, 0.3) is 0 Å². The number of carbonyl (C=O) groups excluding carboxylic acids is 3. The van der Waals surface area contributed by atoms with Gasteiger partial charge in [-0.3, -0.25) is 14.4 Å². The van der Waals surface area contributed by atoms with Crippen LogP contribution >= 0.6 is 0 Å². The summed E-state index contributed by atoms with van der Waals surface area (Å²) in [6, 6.07) is -0.892. The molecule has 1 heterocycles. The van der Waals surface area contributed by atoms with Crippen LogP contribution in [0.15, 0.2) is 0 Å². The van der Waals surface area contributed by atoms with Gasteiger partial charge >= 0.3 is 0 Å². The molecule has 8 heteroatoms. The molecule has 0 aromatic heterocycles. The Hall–Kier alpha value is -1.67. The third kappa shape index (κ3) is 4.78. The smallest absolute Gasteiger partial charge is 0.240 e. The fourth-order valence-corrected chi connectivity index (χ4v) is 2.09. The van der Waals surface area contributed by atoms with Crippen LogP contribution in [0.3, 0.4) is 0 Å². The van der Waals surface area contributed by atoms with Gasteiger partial charge in [0.25, 0.3) is 0 Å². The standard InChI is InChI=1S/C12H23N5O3/c1-15(2)8-11(19)16-3-5-17(6-4-16)12(20)9(13)7-10(14)18/h9H,3-8,13H2,1-2H3,(H2,14,18). The number of primary amides is 1. The lowest BCUT2D eigenvalue weighted by Crippen LogP contribution is -2.55. The van der Waals surface area contributed by atoms with E-state index in [-0.39, 0.29) is 18.2 Å². The topological polar surface area (TPSA) is 113 Å². The average Bonchev–Trinajstić information content (AvgIpc) is 2.36. The van der Waals surface area contributed by atoms with Gasteiger partial charge < -0.3 is 26.2 Å². The van der Waals surface area contributed by atoms with Crippen molar-refractivity contribution in [3.63, 3.8) is 0 Å². The van der Waals surface area contributed by atoms with E-state index < -0.39 is 11.9 Å². The minimum atomic E-state index is -0.892. The molecule has 0 radical (unpaired) electrons. The quantitative estimate of drug-likeness (QED) is 0.576. The molecule has 1 atom stereocenters. The molecule has 8 nitrogen and oxygen atoms in total. The second-order valence-electron chi connectivity index (χ2n) is 5.22. The molecule has 0 saturated carbocycles. The zero-order chi connectivity index (χ0) is 15.3. The van der Waals surface area contributed by atoms with E-state index in [4.69, 9.17) is 11.5 Å². The first-order valence-electron chi connectivity index (χ1n) is 6.56. The van der Waals surface area contributed by atoms with Gasteiger partial charge in [0.05, 0.1) is 19.0 Å². The SMILES string of the molecule is CN(C)CC(=O)N1CCN(C(=O)C(N)CC(N)=O)CC1. The molecular weight excluding hydrogens is 262 g/mol. The van der Waals surface area contributed by atoms with E-state index in [1.165, 1.54) is 0 Å². The lowest BCUT2D eigenvalue weighted by Gasteiger charge is -2.36. The number of amides is 3. The molecule has 4 N–H and O–H groups in total. The van der Waals surface area contributed by atoms with Gasteiger partial charge in [-0.25, -0.2) is 0 Å². The molecule has 3 amide bonds.